The van der Waals surface area contributed by atoms with Crippen molar-refractivity contribution in [2.45, 2.75) is 46.1 Å². The Bertz CT molecular complexity index is 245. The Hall–Kier alpha value is -0.630. The predicted octanol–water partition coefficient (Wildman–Crippen LogP) is 2.56. The lowest BCUT2D eigenvalue weighted by Crippen LogP contribution is -2.33. The van der Waals surface area contributed by atoms with Crippen LogP contribution in [0, 0.1) is 17.8 Å². The van der Waals surface area contributed by atoms with Gasteiger partial charge in [0, 0.05) is 12.3 Å². The van der Waals surface area contributed by atoms with Gasteiger partial charge in [0.2, 0.25) is 0 Å². The molecule has 86 valence electrons. The lowest BCUT2D eigenvalue weighted by atomic mass is 9.83. The maximum absolute atomic E-state index is 11.6. The van der Waals surface area contributed by atoms with Crippen LogP contribution in [0.4, 0.5) is 0 Å². The minimum Gasteiger partial charge on any atom is -0.392 e. The van der Waals surface area contributed by atoms with Gasteiger partial charge in [-0.15, -0.1) is 0 Å². The fourth-order valence-corrected chi connectivity index (χ4v) is 2.40. The summed E-state index contributed by atoms with van der Waals surface area (Å²) in [6, 6.07) is 0. The van der Waals surface area contributed by atoms with E-state index >= 15 is 0 Å². The van der Waals surface area contributed by atoms with E-state index in [0.717, 1.165) is 12.8 Å². The van der Waals surface area contributed by atoms with E-state index in [4.69, 9.17) is 0 Å². The fourth-order valence-electron chi connectivity index (χ4n) is 2.40. The summed E-state index contributed by atoms with van der Waals surface area (Å²) >= 11 is 0. The highest BCUT2D eigenvalue weighted by atomic mass is 16.3. The van der Waals surface area contributed by atoms with Crippen LogP contribution in [-0.4, -0.2) is 17.0 Å². The van der Waals surface area contributed by atoms with Crippen LogP contribution in [0.3, 0.4) is 0 Å². The highest BCUT2D eigenvalue weighted by Crippen LogP contribution is 2.34. The van der Waals surface area contributed by atoms with Crippen molar-refractivity contribution in [3.8, 4) is 0 Å². The van der Waals surface area contributed by atoms with E-state index in [0.29, 0.717) is 12.3 Å². The zero-order valence-corrected chi connectivity index (χ0v) is 9.94. The molecule has 4 atom stereocenters. The largest absolute Gasteiger partial charge is 0.392 e. The molecule has 1 N–H and O–H groups in total. The van der Waals surface area contributed by atoms with Crippen LogP contribution >= 0.6 is 0 Å². The Morgan fingerprint density at radius 1 is 1.60 bits per heavy atom. The molecule has 2 nitrogen and oxygen atoms in total. The summed E-state index contributed by atoms with van der Waals surface area (Å²) in [4.78, 5) is 11.6. The molecule has 0 radical (unpaired) electrons. The molecular formula is C13H22O2. The number of ketones is 1. The molecule has 1 aliphatic carbocycles. The zero-order valence-electron chi connectivity index (χ0n) is 9.94. The van der Waals surface area contributed by atoms with Gasteiger partial charge in [-0.05, 0) is 31.6 Å². The number of hydrogen-bond acceptors (Lipinski definition) is 2. The molecule has 0 amide bonds. The maximum Gasteiger partial charge on any atom is 0.138 e. The number of hydrogen-bond donors (Lipinski definition) is 1. The van der Waals surface area contributed by atoms with Crippen LogP contribution in [0.2, 0.25) is 0 Å². The van der Waals surface area contributed by atoms with Crippen LogP contribution in [0.15, 0.2) is 12.2 Å². The molecule has 1 saturated carbocycles. The summed E-state index contributed by atoms with van der Waals surface area (Å²) in [6.45, 7) is 6.06. The van der Waals surface area contributed by atoms with Crippen LogP contribution in [0.25, 0.3) is 0 Å². The van der Waals surface area contributed by atoms with Gasteiger partial charge >= 0.3 is 0 Å². The first kappa shape index (κ1) is 12.4. The second-order valence-electron chi connectivity index (χ2n) is 4.78. The molecule has 0 aromatic carbocycles. The van der Waals surface area contributed by atoms with Gasteiger partial charge in [0.05, 0.1) is 6.10 Å². The maximum atomic E-state index is 11.6. The van der Waals surface area contributed by atoms with E-state index in [9.17, 15) is 9.90 Å². The SMILES string of the molecule is C/C=C/C[C@@H](C)[C@@H](O)[C@H]1C(=O)CCC1C. The number of rotatable bonds is 4. The summed E-state index contributed by atoms with van der Waals surface area (Å²) in [5.41, 5.74) is 0. The third kappa shape index (κ3) is 2.91. The van der Waals surface area contributed by atoms with Gasteiger partial charge < -0.3 is 5.11 Å². The van der Waals surface area contributed by atoms with Crippen molar-refractivity contribution in [2.75, 3.05) is 0 Å². The van der Waals surface area contributed by atoms with E-state index < -0.39 is 6.10 Å². The average Bonchev–Trinajstić information content (AvgIpc) is 2.54. The highest BCUT2D eigenvalue weighted by molar-refractivity contribution is 5.83. The fraction of sp³-hybridized carbons (Fsp3) is 0.769. The number of Topliss-reactive ketones (excluding diaryl/α,β-unsaturated/α-hetero) is 1. The van der Waals surface area contributed by atoms with Gasteiger partial charge in [-0.3, -0.25) is 4.79 Å². The van der Waals surface area contributed by atoms with Crippen molar-refractivity contribution in [3.63, 3.8) is 0 Å². The summed E-state index contributed by atoms with van der Waals surface area (Å²) in [7, 11) is 0. The topological polar surface area (TPSA) is 37.3 Å². The van der Waals surface area contributed by atoms with E-state index in [2.05, 4.69) is 13.0 Å². The van der Waals surface area contributed by atoms with Crippen LogP contribution < -0.4 is 0 Å². The zero-order chi connectivity index (χ0) is 11.4. The number of aliphatic hydroxyl groups excluding tert-OH is 1. The molecule has 0 heterocycles. The molecule has 1 fully saturated rings. The predicted molar refractivity (Wildman–Crippen MR) is 61.5 cm³/mol. The molecule has 0 aliphatic heterocycles. The first-order valence-corrected chi connectivity index (χ1v) is 5.89. The first-order chi connectivity index (χ1) is 7.07. The first-order valence-electron chi connectivity index (χ1n) is 5.89. The van der Waals surface area contributed by atoms with E-state index in [-0.39, 0.29) is 17.6 Å². The normalized spacial score (nSPS) is 31.1. The Morgan fingerprint density at radius 3 is 2.73 bits per heavy atom. The summed E-state index contributed by atoms with van der Waals surface area (Å²) in [5, 5.41) is 10.1. The lowest BCUT2D eigenvalue weighted by Gasteiger charge is -2.25. The van der Waals surface area contributed by atoms with Crippen molar-refractivity contribution in [2.24, 2.45) is 17.8 Å². The Labute approximate surface area is 92.4 Å². The second kappa shape index (κ2) is 5.45. The number of aliphatic hydroxyl groups is 1. The van der Waals surface area contributed by atoms with E-state index in [1.165, 1.54) is 0 Å². The third-order valence-corrected chi connectivity index (χ3v) is 3.53. The minimum atomic E-state index is -0.466. The average molecular weight is 210 g/mol. The van der Waals surface area contributed by atoms with Gasteiger partial charge in [-0.25, -0.2) is 0 Å². The Balaban J connectivity index is 2.58. The van der Waals surface area contributed by atoms with Gasteiger partial charge in [-0.2, -0.15) is 0 Å². The molecule has 1 rings (SSSR count). The summed E-state index contributed by atoms with van der Waals surface area (Å²) < 4.78 is 0. The molecule has 15 heavy (non-hydrogen) atoms. The Morgan fingerprint density at radius 2 is 2.27 bits per heavy atom. The van der Waals surface area contributed by atoms with Crippen molar-refractivity contribution >= 4 is 5.78 Å². The quantitative estimate of drug-likeness (QED) is 0.724. The smallest absolute Gasteiger partial charge is 0.138 e. The van der Waals surface area contributed by atoms with Crippen molar-refractivity contribution in [1.29, 1.82) is 0 Å². The second-order valence-corrected chi connectivity index (χ2v) is 4.78. The van der Waals surface area contributed by atoms with E-state index in [1.807, 2.05) is 19.9 Å². The minimum absolute atomic E-state index is 0.120. The highest BCUT2D eigenvalue weighted by Gasteiger charge is 2.38. The molecule has 2 heteroatoms. The van der Waals surface area contributed by atoms with Crippen LogP contribution in [0.5, 0.6) is 0 Å². The molecule has 0 bridgehead atoms. The van der Waals surface area contributed by atoms with Gasteiger partial charge in [-0.1, -0.05) is 26.0 Å². The summed E-state index contributed by atoms with van der Waals surface area (Å²) in [6.07, 6.45) is 6.02. The lowest BCUT2D eigenvalue weighted by molar-refractivity contribution is -0.125. The molecule has 1 aliphatic rings. The van der Waals surface area contributed by atoms with E-state index in [1.54, 1.807) is 0 Å². The molecule has 0 aromatic heterocycles. The monoisotopic (exact) mass is 210 g/mol. The van der Waals surface area contributed by atoms with Crippen LogP contribution in [-0.2, 0) is 4.79 Å². The van der Waals surface area contributed by atoms with Crippen molar-refractivity contribution in [1.82, 2.24) is 0 Å². The molecule has 0 aromatic rings. The molecule has 0 spiro atoms. The standard InChI is InChI=1S/C13H22O2/c1-4-5-6-10(3)13(15)12-9(2)7-8-11(12)14/h4-5,9-10,12-13,15H,6-8H2,1-3H3/b5-4+/t9?,10-,12-,13-/m1/s1. The Kier molecular flexibility index (Phi) is 4.52. The molecule has 0 saturated heterocycles. The van der Waals surface area contributed by atoms with Crippen molar-refractivity contribution < 1.29 is 9.90 Å². The van der Waals surface area contributed by atoms with Gasteiger partial charge in [0.25, 0.3) is 0 Å². The van der Waals surface area contributed by atoms with Crippen molar-refractivity contribution in [3.05, 3.63) is 12.2 Å². The summed E-state index contributed by atoms with van der Waals surface area (Å²) in [5.74, 6) is 0.656. The number of carbonyl (C=O) groups excluding carboxylic acids is 1. The van der Waals surface area contributed by atoms with Gasteiger partial charge in [0.15, 0.2) is 0 Å². The third-order valence-electron chi connectivity index (χ3n) is 3.53. The number of carbonyl (C=O) groups is 1. The van der Waals surface area contributed by atoms with Crippen LogP contribution in [0.1, 0.15) is 40.0 Å². The molecule has 1 unspecified atom stereocenters. The molecular weight excluding hydrogens is 188 g/mol. The number of allylic oxidation sites excluding steroid dienone is 2. The van der Waals surface area contributed by atoms with Gasteiger partial charge in [0.1, 0.15) is 5.78 Å².